The largest absolute Gasteiger partial charge is 0.333 e. The lowest BCUT2D eigenvalue weighted by atomic mass is 9.99. The van der Waals surface area contributed by atoms with E-state index in [1.165, 1.54) is 6.07 Å². The van der Waals surface area contributed by atoms with Crippen LogP contribution in [0, 0.1) is 10.1 Å². The van der Waals surface area contributed by atoms with Crippen LogP contribution in [0.1, 0.15) is 24.6 Å². The molecule has 2 aromatic rings. The Hall–Kier alpha value is -1.80. The highest BCUT2D eigenvalue weighted by Crippen LogP contribution is 2.32. The molecule has 3 rings (SSSR count). The monoisotopic (exact) mass is 280 g/mol. The normalized spacial score (nSPS) is 19.5. The minimum atomic E-state index is -0.420. The summed E-state index contributed by atoms with van der Waals surface area (Å²) in [5.41, 5.74) is 0. The molecule has 0 radical (unpaired) electrons. The van der Waals surface area contributed by atoms with Crippen LogP contribution in [0.3, 0.4) is 0 Å². The Morgan fingerprint density at radius 2 is 2.42 bits per heavy atom. The fraction of sp³-hybridized carbons (Fsp3) is 0.455. The van der Waals surface area contributed by atoms with Crippen molar-refractivity contribution in [1.82, 2.24) is 15.5 Å². The quantitative estimate of drug-likeness (QED) is 0.684. The summed E-state index contributed by atoms with van der Waals surface area (Å²) in [7, 11) is 0. The van der Waals surface area contributed by atoms with Crippen LogP contribution in [-0.4, -0.2) is 28.2 Å². The predicted molar refractivity (Wildman–Crippen MR) is 69.1 cm³/mol. The number of thiophene rings is 1. The molecule has 1 atom stereocenters. The van der Waals surface area contributed by atoms with E-state index in [1.807, 2.05) is 0 Å². The third kappa shape index (κ3) is 2.49. The fourth-order valence-corrected chi connectivity index (χ4v) is 2.86. The lowest BCUT2D eigenvalue weighted by Crippen LogP contribution is -2.28. The van der Waals surface area contributed by atoms with E-state index in [4.69, 9.17) is 4.52 Å². The van der Waals surface area contributed by atoms with E-state index in [0.29, 0.717) is 16.6 Å². The van der Waals surface area contributed by atoms with Crippen molar-refractivity contribution in [2.45, 2.75) is 18.8 Å². The van der Waals surface area contributed by atoms with Gasteiger partial charge in [0.2, 0.25) is 0 Å². The first kappa shape index (κ1) is 12.2. The number of piperidine rings is 1. The third-order valence-corrected chi connectivity index (χ3v) is 4.11. The van der Waals surface area contributed by atoms with Gasteiger partial charge in [-0.05, 0) is 25.5 Å². The minimum Gasteiger partial charge on any atom is -0.333 e. The molecule has 0 amide bonds. The molecule has 3 heterocycles. The molecule has 2 aromatic heterocycles. The molecule has 0 aliphatic carbocycles. The van der Waals surface area contributed by atoms with Gasteiger partial charge in [-0.25, -0.2) is 0 Å². The molecule has 100 valence electrons. The molecule has 19 heavy (non-hydrogen) atoms. The summed E-state index contributed by atoms with van der Waals surface area (Å²) >= 11 is 1.04. The number of hydrogen-bond donors (Lipinski definition) is 1. The highest BCUT2D eigenvalue weighted by atomic mass is 32.1. The zero-order valence-corrected chi connectivity index (χ0v) is 10.9. The molecule has 0 aromatic carbocycles. The van der Waals surface area contributed by atoms with E-state index < -0.39 is 4.92 Å². The average Bonchev–Trinajstić information content (AvgIpc) is 3.09. The highest BCUT2D eigenvalue weighted by Gasteiger charge is 2.22. The van der Waals surface area contributed by atoms with Crippen LogP contribution < -0.4 is 5.32 Å². The van der Waals surface area contributed by atoms with Gasteiger partial charge >= 0.3 is 5.00 Å². The maximum absolute atomic E-state index is 10.6. The summed E-state index contributed by atoms with van der Waals surface area (Å²) in [5, 5.41) is 18.0. The van der Waals surface area contributed by atoms with Gasteiger partial charge in [-0.15, -0.1) is 0 Å². The van der Waals surface area contributed by atoms with Gasteiger partial charge in [0.05, 0.1) is 9.80 Å². The number of nitro groups is 1. The number of rotatable bonds is 3. The minimum absolute atomic E-state index is 0.0779. The van der Waals surface area contributed by atoms with Crippen LogP contribution >= 0.6 is 11.3 Å². The summed E-state index contributed by atoms with van der Waals surface area (Å²) in [4.78, 5) is 15.2. The van der Waals surface area contributed by atoms with Crippen LogP contribution in [0.5, 0.6) is 0 Å². The van der Waals surface area contributed by atoms with Crippen molar-refractivity contribution >= 4 is 16.3 Å². The maximum atomic E-state index is 10.6. The van der Waals surface area contributed by atoms with Crippen LogP contribution in [0.15, 0.2) is 16.7 Å². The topological polar surface area (TPSA) is 94.1 Å². The maximum Gasteiger partial charge on any atom is 0.324 e. The first-order valence-electron chi connectivity index (χ1n) is 6.03. The first-order valence-corrected chi connectivity index (χ1v) is 6.84. The Labute approximate surface area is 112 Å². The summed E-state index contributed by atoms with van der Waals surface area (Å²) < 4.78 is 5.20. The summed E-state index contributed by atoms with van der Waals surface area (Å²) in [6.45, 7) is 1.88. The molecule has 1 fully saturated rings. The number of hydrogen-bond acceptors (Lipinski definition) is 7. The van der Waals surface area contributed by atoms with Crippen molar-refractivity contribution in [2.75, 3.05) is 13.1 Å². The van der Waals surface area contributed by atoms with Gasteiger partial charge in [0, 0.05) is 18.5 Å². The molecule has 1 N–H and O–H groups in total. The van der Waals surface area contributed by atoms with E-state index in [9.17, 15) is 10.1 Å². The van der Waals surface area contributed by atoms with Crippen molar-refractivity contribution < 1.29 is 9.45 Å². The molecule has 8 heteroatoms. The standard InChI is InChI=1S/C11H12N4O3S/c16-15(17)9-4-3-8(19-9)11-13-10(14-18-11)7-2-1-5-12-6-7/h3-4,7,12H,1-2,5-6H2. The van der Waals surface area contributed by atoms with Gasteiger partial charge in [-0.3, -0.25) is 10.1 Å². The molecule has 1 unspecified atom stereocenters. The Bertz CT molecular complexity index is 588. The summed E-state index contributed by atoms with van der Waals surface area (Å²) in [6, 6.07) is 3.09. The third-order valence-electron chi connectivity index (χ3n) is 3.09. The zero-order valence-electron chi connectivity index (χ0n) is 10.0. The van der Waals surface area contributed by atoms with Gasteiger partial charge in [0.25, 0.3) is 5.89 Å². The molecular formula is C11H12N4O3S. The molecule has 0 spiro atoms. The predicted octanol–water partition coefficient (Wildman–Crippen LogP) is 2.17. The summed E-state index contributed by atoms with van der Waals surface area (Å²) in [6.07, 6.45) is 2.13. The van der Waals surface area contributed by atoms with Gasteiger partial charge in [-0.1, -0.05) is 16.5 Å². The molecular weight excluding hydrogens is 268 g/mol. The van der Waals surface area contributed by atoms with E-state index in [-0.39, 0.29) is 10.9 Å². The highest BCUT2D eigenvalue weighted by molar-refractivity contribution is 7.18. The van der Waals surface area contributed by atoms with Crippen molar-refractivity contribution in [1.29, 1.82) is 0 Å². The van der Waals surface area contributed by atoms with E-state index in [0.717, 1.165) is 37.3 Å². The number of nitrogens with zero attached hydrogens (tertiary/aromatic N) is 3. The number of nitrogens with one attached hydrogen (secondary N) is 1. The molecule has 1 saturated heterocycles. The molecule has 1 aliphatic heterocycles. The van der Waals surface area contributed by atoms with Gasteiger partial charge < -0.3 is 9.84 Å². The Morgan fingerprint density at radius 1 is 1.53 bits per heavy atom. The molecule has 0 saturated carbocycles. The second kappa shape index (κ2) is 5.06. The molecule has 7 nitrogen and oxygen atoms in total. The van der Waals surface area contributed by atoms with E-state index >= 15 is 0 Å². The van der Waals surface area contributed by atoms with E-state index in [1.54, 1.807) is 6.07 Å². The van der Waals surface area contributed by atoms with Crippen LogP contribution in [0.4, 0.5) is 5.00 Å². The van der Waals surface area contributed by atoms with Crippen molar-refractivity contribution in [2.24, 2.45) is 0 Å². The van der Waals surface area contributed by atoms with Crippen molar-refractivity contribution in [3.8, 4) is 10.8 Å². The lowest BCUT2D eigenvalue weighted by molar-refractivity contribution is -0.380. The van der Waals surface area contributed by atoms with Gasteiger partial charge in [-0.2, -0.15) is 4.98 Å². The summed E-state index contributed by atoms with van der Waals surface area (Å²) in [5.74, 6) is 1.30. The Kier molecular flexibility index (Phi) is 3.26. The lowest BCUT2D eigenvalue weighted by Gasteiger charge is -2.19. The SMILES string of the molecule is O=[N+]([O-])c1ccc(-c2nc(C3CCCNC3)no2)s1. The van der Waals surface area contributed by atoms with Crippen LogP contribution in [0.2, 0.25) is 0 Å². The smallest absolute Gasteiger partial charge is 0.324 e. The van der Waals surface area contributed by atoms with Crippen molar-refractivity contribution in [3.05, 3.63) is 28.1 Å². The van der Waals surface area contributed by atoms with Crippen LogP contribution in [-0.2, 0) is 0 Å². The fourth-order valence-electron chi connectivity index (χ4n) is 2.11. The average molecular weight is 280 g/mol. The van der Waals surface area contributed by atoms with Gasteiger partial charge in [0.15, 0.2) is 5.82 Å². The van der Waals surface area contributed by atoms with E-state index in [2.05, 4.69) is 15.5 Å². The Morgan fingerprint density at radius 3 is 3.11 bits per heavy atom. The van der Waals surface area contributed by atoms with Crippen LogP contribution in [0.25, 0.3) is 10.8 Å². The molecule has 0 bridgehead atoms. The first-order chi connectivity index (χ1) is 9.24. The van der Waals surface area contributed by atoms with Gasteiger partial charge in [0.1, 0.15) is 0 Å². The second-order valence-corrected chi connectivity index (χ2v) is 5.46. The Balaban J connectivity index is 1.81. The van der Waals surface area contributed by atoms with Crippen molar-refractivity contribution in [3.63, 3.8) is 0 Å². The second-order valence-electron chi connectivity index (χ2n) is 4.40. The zero-order chi connectivity index (χ0) is 13.2. The molecule has 1 aliphatic rings. The number of aromatic nitrogens is 2.